The molecule has 0 aliphatic carbocycles. The molecule has 3 rings (SSSR count). The fraction of sp³-hybridized carbons (Fsp3) is 0.333. The van der Waals surface area contributed by atoms with Gasteiger partial charge in [0.25, 0.3) is 5.88 Å². The van der Waals surface area contributed by atoms with Crippen LogP contribution in [0, 0.1) is 13.8 Å². The van der Waals surface area contributed by atoms with Gasteiger partial charge in [-0.05, 0) is 30.5 Å². The van der Waals surface area contributed by atoms with Gasteiger partial charge in [0, 0.05) is 0 Å². The first kappa shape index (κ1) is 12.8. The number of nitrogens with one attached hydrogen (secondary N) is 1. The lowest BCUT2D eigenvalue weighted by atomic mass is 10.4. The van der Waals surface area contributed by atoms with Crippen molar-refractivity contribution in [3.8, 4) is 5.88 Å². The Kier molecular flexibility index (Phi) is 3.46. The summed E-state index contributed by atoms with van der Waals surface area (Å²) in [6.07, 6.45) is 0. The molecule has 104 valence electrons. The number of rotatable bonds is 5. The van der Waals surface area contributed by atoms with E-state index in [-0.39, 0.29) is 0 Å². The molecule has 0 saturated carbocycles. The van der Waals surface area contributed by atoms with E-state index < -0.39 is 0 Å². The SMILES string of the molecule is Cc1nc(NCCOc2nonc2C)c2sccc2n1. The van der Waals surface area contributed by atoms with Gasteiger partial charge in [-0.15, -0.1) is 11.3 Å². The summed E-state index contributed by atoms with van der Waals surface area (Å²) in [6.45, 7) is 4.71. The first-order valence-electron chi connectivity index (χ1n) is 6.11. The monoisotopic (exact) mass is 291 g/mol. The van der Waals surface area contributed by atoms with Crippen molar-refractivity contribution in [2.24, 2.45) is 0 Å². The van der Waals surface area contributed by atoms with E-state index in [4.69, 9.17) is 4.74 Å². The molecular weight excluding hydrogens is 278 g/mol. The molecule has 0 amide bonds. The second-order valence-electron chi connectivity index (χ2n) is 4.18. The predicted molar refractivity (Wildman–Crippen MR) is 75.2 cm³/mol. The Morgan fingerprint density at radius 2 is 2.20 bits per heavy atom. The molecule has 3 heterocycles. The summed E-state index contributed by atoms with van der Waals surface area (Å²) >= 11 is 1.62. The number of aryl methyl sites for hydroxylation is 2. The molecule has 0 aromatic carbocycles. The van der Waals surface area contributed by atoms with Crippen molar-refractivity contribution in [1.82, 2.24) is 20.3 Å². The third kappa shape index (κ3) is 2.55. The quantitative estimate of drug-likeness (QED) is 0.721. The number of ether oxygens (including phenoxy) is 1. The van der Waals surface area contributed by atoms with Gasteiger partial charge in [-0.1, -0.05) is 5.16 Å². The smallest absolute Gasteiger partial charge is 0.278 e. The molecule has 0 spiro atoms. The van der Waals surface area contributed by atoms with E-state index in [2.05, 4.69) is 30.2 Å². The van der Waals surface area contributed by atoms with Gasteiger partial charge >= 0.3 is 0 Å². The van der Waals surface area contributed by atoms with Crippen molar-refractivity contribution in [3.63, 3.8) is 0 Å². The highest BCUT2D eigenvalue weighted by Gasteiger charge is 2.08. The zero-order chi connectivity index (χ0) is 13.9. The van der Waals surface area contributed by atoms with Gasteiger partial charge in [0.15, 0.2) is 0 Å². The highest BCUT2D eigenvalue weighted by molar-refractivity contribution is 7.17. The lowest BCUT2D eigenvalue weighted by Crippen LogP contribution is -2.13. The van der Waals surface area contributed by atoms with E-state index in [0.717, 1.165) is 21.9 Å². The van der Waals surface area contributed by atoms with E-state index in [1.165, 1.54) is 0 Å². The molecule has 7 nitrogen and oxygen atoms in total. The highest BCUT2D eigenvalue weighted by Crippen LogP contribution is 2.25. The van der Waals surface area contributed by atoms with Gasteiger partial charge in [0.05, 0.1) is 16.8 Å². The van der Waals surface area contributed by atoms with Crippen LogP contribution in [-0.4, -0.2) is 33.4 Å². The van der Waals surface area contributed by atoms with Crippen molar-refractivity contribution in [2.75, 3.05) is 18.5 Å². The van der Waals surface area contributed by atoms with Crippen molar-refractivity contribution >= 4 is 27.4 Å². The summed E-state index contributed by atoms with van der Waals surface area (Å²) in [5.41, 5.74) is 1.60. The van der Waals surface area contributed by atoms with Gasteiger partial charge in [0.1, 0.15) is 23.9 Å². The molecule has 0 saturated heterocycles. The summed E-state index contributed by atoms with van der Waals surface area (Å²) in [6, 6.07) is 1.99. The van der Waals surface area contributed by atoms with Crippen molar-refractivity contribution in [3.05, 3.63) is 23.0 Å². The molecule has 3 aromatic heterocycles. The fourth-order valence-electron chi connectivity index (χ4n) is 1.77. The number of aromatic nitrogens is 4. The zero-order valence-electron chi connectivity index (χ0n) is 11.1. The number of hydrogen-bond donors (Lipinski definition) is 1. The van der Waals surface area contributed by atoms with E-state index >= 15 is 0 Å². The largest absolute Gasteiger partial charge is 0.472 e. The van der Waals surface area contributed by atoms with Crippen LogP contribution in [0.4, 0.5) is 5.82 Å². The zero-order valence-corrected chi connectivity index (χ0v) is 11.9. The van der Waals surface area contributed by atoms with Crippen LogP contribution in [0.3, 0.4) is 0 Å². The lowest BCUT2D eigenvalue weighted by molar-refractivity contribution is 0.261. The maximum atomic E-state index is 5.45. The van der Waals surface area contributed by atoms with Gasteiger partial charge in [-0.2, -0.15) is 0 Å². The Morgan fingerprint density at radius 1 is 1.30 bits per heavy atom. The maximum absolute atomic E-state index is 5.45. The summed E-state index contributed by atoms with van der Waals surface area (Å²) in [7, 11) is 0. The molecule has 0 radical (unpaired) electrons. The molecule has 0 fully saturated rings. The van der Waals surface area contributed by atoms with Crippen molar-refractivity contribution in [1.29, 1.82) is 0 Å². The second kappa shape index (κ2) is 5.41. The van der Waals surface area contributed by atoms with Crippen molar-refractivity contribution in [2.45, 2.75) is 13.8 Å². The Labute approximate surface area is 119 Å². The van der Waals surface area contributed by atoms with E-state index in [0.29, 0.717) is 24.7 Å². The fourth-order valence-corrected chi connectivity index (χ4v) is 2.57. The number of thiophene rings is 1. The Hall–Kier alpha value is -2.22. The Balaban J connectivity index is 1.62. The van der Waals surface area contributed by atoms with Crippen LogP contribution in [0.5, 0.6) is 5.88 Å². The topological polar surface area (TPSA) is 86.0 Å². The third-order valence-corrected chi connectivity index (χ3v) is 3.57. The van der Waals surface area contributed by atoms with Crippen LogP contribution in [0.1, 0.15) is 11.5 Å². The first-order chi connectivity index (χ1) is 9.74. The van der Waals surface area contributed by atoms with Gasteiger partial charge in [-0.3, -0.25) is 0 Å². The molecule has 20 heavy (non-hydrogen) atoms. The molecule has 0 unspecified atom stereocenters. The molecule has 3 aromatic rings. The van der Waals surface area contributed by atoms with E-state index in [9.17, 15) is 0 Å². The van der Waals surface area contributed by atoms with E-state index in [1.54, 1.807) is 18.3 Å². The molecule has 0 aliphatic rings. The van der Waals surface area contributed by atoms with E-state index in [1.807, 2.05) is 18.4 Å². The van der Waals surface area contributed by atoms with Crippen LogP contribution in [0.2, 0.25) is 0 Å². The average Bonchev–Trinajstić information content (AvgIpc) is 3.03. The predicted octanol–water partition coefficient (Wildman–Crippen LogP) is 2.18. The van der Waals surface area contributed by atoms with Crippen LogP contribution < -0.4 is 10.1 Å². The van der Waals surface area contributed by atoms with Crippen LogP contribution in [-0.2, 0) is 0 Å². The molecular formula is C12H13N5O2S. The normalized spacial score (nSPS) is 10.9. The minimum Gasteiger partial charge on any atom is -0.472 e. The second-order valence-corrected chi connectivity index (χ2v) is 5.10. The molecule has 0 aliphatic heterocycles. The summed E-state index contributed by atoms with van der Waals surface area (Å²) in [4.78, 5) is 8.79. The molecule has 8 heteroatoms. The first-order valence-corrected chi connectivity index (χ1v) is 6.99. The van der Waals surface area contributed by atoms with Crippen LogP contribution in [0.25, 0.3) is 10.2 Å². The number of nitrogens with zero attached hydrogens (tertiary/aromatic N) is 4. The average molecular weight is 291 g/mol. The summed E-state index contributed by atoms with van der Waals surface area (Å²) in [5, 5.41) is 12.6. The number of fused-ring (bicyclic) bond motifs is 1. The third-order valence-electron chi connectivity index (χ3n) is 2.66. The standard InChI is InChI=1S/C12H13N5O2S/c1-7-12(17-19-16-7)18-5-4-13-11-10-9(3-6-20-10)14-8(2)15-11/h3,6H,4-5H2,1-2H3,(H,13,14,15). The minimum atomic E-state index is 0.423. The maximum Gasteiger partial charge on any atom is 0.278 e. The van der Waals surface area contributed by atoms with Crippen LogP contribution in [0.15, 0.2) is 16.1 Å². The van der Waals surface area contributed by atoms with Gasteiger partial charge in [0.2, 0.25) is 0 Å². The molecule has 0 atom stereocenters. The van der Waals surface area contributed by atoms with Crippen molar-refractivity contribution < 1.29 is 9.37 Å². The van der Waals surface area contributed by atoms with Crippen LogP contribution >= 0.6 is 11.3 Å². The minimum absolute atomic E-state index is 0.423. The van der Waals surface area contributed by atoms with Gasteiger partial charge < -0.3 is 10.1 Å². The summed E-state index contributed by atoms with van der Waals surface area (Å²) in [5.74, 6) is 2.00. The number of hydrogen-bond acceptors (Lipinski definition) is 8. The molecule has 0 bridgehead atoms. The number of anilines is 1. The lowest BCUT2D eigenvalue weighted by Gasteiger charge is -2.07. The Morgan fingerprint density at radius 3 is 3.00 bits per heavy atom. The summed E-state index contributed by atoms with van der Waals surface area (Å²) < 4.78 is 11.1. The Bertz CT molecular complexity index is 724. The van der Waals surface area contributed by atoms with Gasteiger partial charge in [-0.25, -0.2) is 14.6 Å². The molecule has 1 N–H and O–H groups in total. The highest BCUT2D eigenvalue weighted by atomic mass is 32.1.